The molecule has 0 unspecified atom stereocenters. The first-order valence-electron chi connectivity index (χ1n) is 8.67. The smallest absolute Gasteiger partial charge is 0.262 e. The van der Waals surface area contributed by atoms with E-state index in [0.29, 0.717) is 17.1 Å². The zero-order valence-electron chi connectivity index (χ0n) is 16.2. The van der Waals surface area contributed by atoms with Gasteiger partial charge in [-0.15, -0.1) is 11.3 Å². The SMILES string of the molecule is Cc1ccccc1CN(C)C(=O)CSc1nc2sc(C)c(C)c2c(=O)n1C. The van der Waals surface area contributed by atoms with Crippen molar-refractivity contribution in [2.24, 2.45) is 7.05 Å². The van der Waals surface area contributed by atoms with Crippen LogP contribution >= 0.6 is 23.1 Å². The molecular formula is C20H23N3O2S2. The Kier molecular flexibility index (Phi) is 5.72. The highest BCUT2D eigenvalue weighted by Crippen LogP contribution is 2.28. The number of rotatable bonds is 5. The first kappa shape index (κ1) is 19.6. The minimum absolute atomic E-state index is 0.0103. The van der Waals surface area contributed by atoms with Crippen molar-refractivity contribution in [1.29, 1.82) is 0 Å². The van der Waals surface area contributed by atoms with Gasteiger partial charge in [0.05, 0.1) is 11.1 Å². The van der Waals surface area contributed by atoms with Gasteiger partial charge in [-0.05, 0) is 37.5 Å². The summed E-state index contributed by atoms with van der Waals surface area (Å²) in [5, 5.41) is 1.26. The molecule has 2 heterocycles. The molecule has 3 rings (SSSR count). The van der Waals surface area contributed by atoms with Crippen LogP contribution in [0, 0.1) is 20.8 Å². The molecule has 1 aromatic carbocycles. The number of aromatic nitrogens is 2. The average molecular weight is 402 g/mol. The minimum atomic E-state index is -0.0509. The van der Waals surface area contributed by atoms with E-state index in [2.05, 4.69) is 4.98 Å². The molecule has 0 aliphatic heterocycles. The van der Waals surface area contributed by atoms with Crippen LogP contribution in [0.25, 0.3) is 10.2 Å². The van der Waals surface area contributed by atoms with Crippen LogP contribution in [0.1, 0.15) is 21.6 Å². The summed E-state index contributed by atoms with van der Waals surface area (Å²) in [5.41, 5.74) is 3.25. The number of fused-ring (bicyclic) bond motifs is 1. The lowest BCUT2D eigenvalue weighted by molar-refractivity contribution is -0.127. The van der Waals surface area contributed by atoms with Gasteiger partial charge in [-0.1, -0.05) is 36.0 Å². The second-order valence-corrected chi connectivity index (χ2v) is 8.83. The molecule has 7 heteroatoms. The standard InChI is InChI=1S/C20H23N3O2S2/c1-12-8-6-7-9-15(12)10-22(4)16(24)11-26-20-21-18-17(19(25)23(20)5)13(2)14(3)27-18/h6-9H,10-11H2,1-5H3. The summed E-state index contributed by atoms with van der Waals surface area (Å²) in [6.45, 7) is 6.56. The summed E-state index contributed by atoms with van der Waals surface area (Å²) in [7, 11) is 3.52. The number of thiophene rings is 1. The fourth-order valence-corrected chi connectivity index (χ4v) is 4.84. The van der Waals surface area contributed by atoms with Crippen LogP contribution in [-0.2, 0) is 18.4 Å². The third-order valence-electron chi connectivity index (χ3n) is 4.79. The van der Waals surface area contributed by atoms with Gasteiger partial charge in [0.1, 0.15) is 4.83 Å². The van der Waals surface area contributed by atoms with E-state index in [1.165, 1.54) is 28.7 Å². The molecule has 0 bridgehead atoms. The molecule has 1 amide bonds. The quantitative estimate of drug-likeness (QED) is 0.483. The maximum Gasteiger partial charge on any atom is 0.262 e. The summed E-state index contributed by atoms with van der Waals surface area (Å²) >= 11 is 2.84. The van der Waals surface area contributed by atoms with Crippen LogP contribution in [0.5, 0.6) is 0 Å². The number of amides is 1. The number of carbonyl (C=O) groups excluding carboxylic acids is 1. The predicted molar refractivity (Wildman–Crippen MR) is 113 cm³/mol. The van der Waals surface area contributed by atoms with Crippen LogP contribution in [0.15, 0.2) is 34.2 Å². The van der Waals surface area contributed by atoms with E-state index in [-0.39, 0.29) is 17.2 Å². The largest absolute Gasteiger partial charge is 0.341 e. The third kappa shape index (κ3) is 3.94. The molecule has 0 aliphatic rings. The summed E-state index contributed by atoms with van der Waals surface area (Å²) < 4.78 is 1.54. The Morgan fingerprint density at radius 1 is 1.26 bits per heavy atom. The van der Waals surface area contributed by atoms with E-state index in [4.69, 9.17) is 0 Å². The minimum Gasteiger partial charge on any atom is -0.341 e. The van der Waals surface area contributed by atoms with E-state index in [0.717, 1.165) is 20.8 Å². The summed E-state index contributed by atoms with van der Waals surface area (Å²) in [4.78, 5) is 33.4. The molecule has 0 fully saturated rings. The predicted octanol–water partition coefficient (Wildman–Crippen LogP) is 3.67. The number of carbonyl (C=O) groups is 1. The van der Waals surface area contributed by atoms with E-state index >= 15 is 0 Å². The number of nitrogens with zero attached hydrogens (tertiary/aromatic N) is 3. The van der Waals surface area contributed by atoms with E-state index < -0.39 is 0 Å². The number of hydrogen-bond donors (Lipinski definition) is 0. The lowest BCUT2D eigenvalue weighted by atomic mass is 10.1. The molecule has 0 aliphatic carbocycles. The molecule has 142 valence electrons. The molecule has 0 N–H and O–H groups in total. The average Bonchev–Trinajstić information content (AvgIpc) is 2.92. The molecule has 0 saturated heterocycles. The number of hydrogen-bond acceptors (Lipinski definition) is 5. The highest BCUT2D eigenvalue weighted by Gasteiger charge is 2.17. The molecule has 27 heavy (non-hydrogen) atoms. The zero-order valence-corrected chi connectivity index (χ0v) is 17.8. The topological polar surface area (TPSA) is 55.2 Å². The molecular weight excluding hydrogens is 378 g/mol. The molecule has 0 saturated carbocycles. The zero-order chi connectivity index (χ0) is 19.7. The Morgan fingerprint density at radius 2 is 1.96 bits per heavy atom. The first-order chi connectivity index (χ1) is 12.8. The van der Waals surface area contributed by atoms with Crippen LogP contribution in [0.3, 0.4) is 0 Å². The first-order valence-corrected chi connectivity index (χ1v) is 10.5. The monoisotopic (exact) mass is 401 g/mol. The van der Waals surface area contributed by atoms with Crippen molar-refractivity contribution in [2.75, 3.05) is 12.8 Å². The summed E-state index contributed by atoms with van der Waals surface area (Å²) in [6, 6.07) is 8.05. The van der Waals surface area contributed by atoms with Crippen molar-refractivity contribution in [3.8, 4) is 0 Å². The number of thioether (sulfide) groups is 1. The lowest BCUT2D eigenvalue weighted by Crippen LogP contribution is -2.28. The van der Waals surface area contributed by atoms with Crippen LogP contribution in [0.2, 0.25) is 0 Å². The van der Waals surface area contributed by atoms with Gasteiger partial charge in [0, 0.05) is 25.5 Å². The van der Waals surface area contributed by atoms with Crippen molar-refractivity contribution in [1.82, 2.24) is 14.5 Å². The normalized spacial score (nSPS) is 11.1. The Bertz CT molecular complexity index is 1070. The van der Waals surface area contributed by atoms with Gasteiger partial charge in [0.15, 0.2) is 5.16 Å². The summed E-state index contributed by atoms with van der Waals surface area (Å²) in [5.74, 6) is 0.258. The number of benzene rings is 1. The van der Waals surface area contributed by atoms with Crippen LogP contribution in [-0.4, -0.2) is 33.2 Å². The van der Waals surface area contributed by atoms with Crippen molar-refractivity contribution in [3.63, 3.8) is 0 Å². The Labute approximate surface area is 167 Å². The van der Waals surface area contributed by atoms with Gasteiger partial charge in [-0.3, -0.25) is 14.2 Å². The fraction of sp³-hybridized carbons (Fsp3) is 0.350. The van der Waals surface area contributed by atoms with Gasteiger partial charge in [-0.25, -0.2) is 4.98 Å². The molecule has 3 aromatic rings. The second-order valence-electron chi connectivity index (χ2n) is 6.69. The van der Waals surface area contributed by atoms with E-state index in [1.807, 2.05) is 45.0 Å². The Hall–Kier alpha value is -2.12. The van der Waals surface area contributed by atoms with Crippen molar-refractivity contribution >= 4 is 39.2 Å². The van der Waals surface area contributed by atoms with Crippen molar-refractivity contribution in [3.05, 3.63) is 56.2 Å². The molecule has 0 spiro atoms. The lowest BCUT2D eigenvalue weighted by Gasteiger charge is -2.18. The highest BCUT2D eigenvalue weighted by atomic mass is 32.2. The van der Waals surface area contributed by atoms with Crippen molar-refractivity contribution < 1.29 is 4.79 Å². The number of aryl methyl sites for hydroxylation is 3. The molecule has 2 aromatic heterocycles. The third-order valence-corrected chi connectivity index (χ3v) is 6.90. The summed E-state index contributed by atoms with van der Waals surface area (Å²) in [6.07, 6.45) is 0. The maximum atomic E-state index is 12.7. The van der Waals surface area contributed by atoms with Gasteiger partial charge in [0.2, 0.25) is 5.91 Å². The van der Waals surface area contributed by atoms with Gasteiger partial charge in [0.25, 0.3) is 5.56 Å². The second kappa shape index (κ2) is 7.86. The van der Waals surface area contributed by atoms with Gasteiger partial charge >= 0.3 is 0 Å². The van der Waals surface area contributed by atoms with Gasteiger partial charge < -0.3 is 4.90 Å². The molecule has 0 radical (unpaired) electrons. The maximum absolute atomic E-state index is 12.7. The van der Waals surface area contributed by atoms with E-state index in [9.17, 15) is 9.59 Å². The van der Waals surface area contributed by atoms with Gasteiger partial charge in [-0.2, -0.15) is 0 Å². The molecule has 5 nitrogen and oxygen atoms in total. The highest BCUT2D eigenvalue weighted by molar-refractivity contribution is 7.99. The fourth-order valence-electron chi connectivity index (χ4n) is 2.85. The van der Waals surface area contributed by atoms with Crippen LogP contribution < -0.4 is 5.56 Å². The van der Waals surface area contributed by atoms with Crippen molar-refractivity contribution in [2.45, 2.75) is 32.5 Å². The Morgan fingerprint density at radius 3 is 2.67 bits per heavy atom. The molecule has 0 atom stereocenters. The van der Waals surface area contributed by atoms with Crippen LogP contribution in [0.4, 0.5) is 0 Å². The van der Waals surface area contributed by atoms with E-state index in [1.54, 1.807) is 23.6 Å². The Balaban J connectivity index is 1.74.